The Hall–Kier alpha value is -1.67. The van der Waals surface area contributed by atoms with E-state index in [1.807, 2.05) is 30.5 Å². The van der Waals surface area contributed by atoms with Gasteiger partial charge in [-0.05, 0) is 24.5 Å². The molecule has 2 aromatic rings. The molecule has 1 heterocycles. The van der Waals surface area contributed by atoms with Gasteiger partial charge in [-0.3, -0.25) is 4.98 Å². The Labute approximate surface area is 95.6 Å². The van der Waals surface area contributed by atoms with Crippen molar-refractivity contribution in [1.29, 1.82) is 0 Å². The number of aliphatic hydroxyl groups excluding tert-OH is 1. The van der Waals surface area contributed by atoms with Crippen molar-refractivity contribution >= 4 is 0 Å². The zero-order valence-electron chi connectivity index (χ0n) is 9.13. The van der Waals surface area contributed by atoms with Gasteiger partial charge in [-0.25, -0.2) is 0 Å². The van der Waals surface area contributed by atoms with Crippen LogP contribution in [0.25, 0.3) is 11.3 Å². The molecule has 0 radical (unpaired) electrons. The Bertz CT molecular complexity index is 422. The minimum atomic E-state index is 0.237. The van der Waals surface area contributed by atoms with Gasteiger partial charge in [-0.15, -0.1) is 0 Å². The summed E-state index contributed by atoms with van der Waals surface area (Å²) in [6.07, 6.45) is 3.57. The van der Waals surface area contributed by atoms with Crippen LogP contribution in [-0.2, 0) is 6.42 Å². The van der Waals surface area contributed by atoms with Crippen molar-refractivity contribution < 1.29 is 5.11 Å². The Morgan fingerprint density at radius 2 is 1.81 bits per heavy atom. The van der Waals surface area contributed by atoms with Crippen LogP contribution in [0.4, 0.5) is 0 Å². The van der Waals surface area contributed by atoms with Crippen molar-refractivity contribution in [3.8, 4) is 11.3 Å². The molecule has 0 saturated carbocycles. The quantitative estimate of drug-likeness (QED) is 0.847. The lowest BCUT2D eigenvalue weighted by Crippen LogP contribution is -1.91. The molecule has 0 aliphatic rings. The van der Waals surface area contributed by atoms with Crippen molar-refractivity contribution in [2.75, 3.05) is 6.61 Å². The number of aliphatic hydroxyl groups is 1. The van der Waals surface area contributed by atoms with E-state index in [1.165, 1.54) is 5.56 Å². The molecule has 82 valence electrons. The summed E-state index contributed by atoms with van der Waals surface area (Å²) in [6.45, 7) is 0.237. The molecule has 0 amide bonds. The Morgan fingerprint density at radius 1 is 1.00 bits per heavy atom. The molecule has 1 N–H and O–H groups in total. The average molecular weight is 213 g/mol. The van der Waals surface area contributed by atoms with Crippen LogP contribution in [0, 0.1) is 0 Å². The molecule has 0 unspecified atom stereocenters. The van der Waals surface area contributed by atoms with Gasteiger partial charge in [-0.2, -0.15) is 0 Å². The predicted molar refractivity (Wildman–Crippen MR) is 65.1 cm³/mol. The Balaban J connectivity index is 2.13. The zero-order valence-corrected chi connectivity index (χ0v) is 9.13. The van der Waals surface area contributed by atoms with Crippen molar-refractivity contribution in [3.63, 3.8) is 0 Å². The molecule has 0 spiro atoms. The molecule has 2 heteroatoms. The summed E-state index contributed by atoms with van der Waals surface area (Å²) in [5.41, 5.74) is 3.30. The highest BCUT2D eigenvalue weighted by Crippen LogP contribution is 2.16. The van der Waals surface area contributed by atoms with E-state index < -0.39 is 0 Å². The van der Waals surface area contributed by atoms with Crippen molar-refractivity contribution in [1.82, 2.24) is 4.98 Å². The Morgan fingerprint density at radius 3 is 2.44 bits per heavy atom. The van der Waals surface area contributed by atoms with E-state index in [0.29, 0.717) is 0 Å². The van der Waals surface area contributed by atoms with E-state index in [-0.39, 0.29) is 6.61 Å². The van der Waals surface area contributed by atoms with Crippen LogP contribution >= 0.6 is 0 Å². The molecule has 1 aromatic carbocycles. The molecule has 0 aliphatic heterocycles. The van der Waals surface area contributed by atoms with Gasteiger partial charge >= 0.3 is 0 Å². The SMILES string of the molecule is OCCCc1ccc(-c2ccccc2)nc1. The number of pyridine rings is 1. The lowest BCUT2D eigenvalue weighted by Gasteiger charge is -2.02. The summed E-state index contributed by atoms with van der Waals surface area (Å²) < 4.78 is 0. The summed E-state index contributed by atoms with van der Waals surface area (Å²) in [5.74, 6) is 0. The fraction of sp³-hybridized carbons (Fsp3) is 0.214. The van der Waals surface area contributed by atoms with Gasteiger partial charge < -0.3 is 5.11 Å². The van der Waals surface area contributed by atoms with Gasteiger partial charge in [0.1, 0.15) is 0 Å². The van der Waals surface area contributed by atoms with Crippen molar-refractivity contribution in [3.05, 3.63) is 54.2 Å². The van der Waals surface area contributed by atoms with Gasteiger partial charge in [0.2, 0.25) is 0 Å². The van der Waals surface area contributed by atoms with Crippen LogP contribution in [0.5, 0.6) is 0 Å². The predicted octanol–water partition coefficient (Wildman–Crippen LogP) is 2.67. The molecular formula is C14H15NO. The van der Waals surface area contributed by atoms with Crippen LogP contribution in [0.2, 0.25) is 0 Å². The highest BCUT2D eigenvalue weighted by molar-refractivity contribution is 5.58. The van der Waals surface area contributed by atoms with Crippen LogP contribution in [0.1, 0.15) is 12.0 Å². The third kappa shape index (κ3) is 2.67. The fourth-order valence-electron chi connectivity index (χ4n) is 1.64. The average Bonchev–Trinajstić information content (AvgIpc) is 2.38. The molecule has 0 atom stereocenters. The second-order valence-electron chi connectivity index (χ2n) is 3.74. The smallest absolute Gasteiger partial charge is 0.0702 e. The summed E-state index contributed by atoms with van der Waals surface area (Å²) in [4.78, 5) is 4.42. The van der Waals surface area contributed by atoms with Gasteiger partial charge in [0.25, 0.3) is 0 Å². The van der Waals surface area contributed by atoms with E-state index in [0.717, 1.165) is 24.1 Å². The first-order chi connectivity index (χ1) is 7.90. The lowest BCUT2D eigenvalue weighted by atomic mass is 10.1. The number of hydrogen-bond acceptors (Lipinski definition) is 2. The number of aryl methyl sites for hydroxylation is 1. The lowest BCUT2D eigenvalue weighted by molar-refractivity contribution is 0.288. The van der Waals surface area contributed by atoms with Crippen LogP contribution in [-0.4, -0.2) is 16.7 Å². The number of rotatable bonds is 4. The van der Waals surface area contributed by atoms with E-state index in [4.69, 9.17) is 5.11 Å². The second-order valence-corrected chi connectivity index (χ2v) is 3.74. The van der Waals surface area contributed by atoms with Crippen LogP contribution < -0.4 is 0 Å². The highest BCUT2D eigenvalue weighted by atomic mass is 16.2. The summed E-state index contributed by atoms with van der Waals surface area (Å²) in [7, 11) is 0. The maximum absolute atomic E-state index is 8.74. The molecule has 2 nitrogen and oxygen atoms in total. The maximum Gasteiger partial charge on any atom is 0.0702 e. The highest BCUT2D eigenvalue weighted by Gasteiger charge is 1.98. The number of nitrogens with zero attached hydrogens (tertiary/aromatic N) is 1. The number of benzene rings is 1. The first-order valence-corrected chi connectivity index (χ1v) is 5.51. The minimum absolute atomic E-state index is 0.237. The van der Waals surface area contributed by atoms with E-state index in [2.05, 4.69) is 23.2 Å². The monoisotopic (exact) mass is 213 g/mol. The largest absolute Gasteiger partial charge is 0.396 e. The molecule has 2 rings (SSSR count). The van der Waals surface area contributed by atoms with Gasteiger partial charge in [-0.1, -0.05) is 36.4 Å². The van der Waals surface area contributed by atoms with Gasteiger partial charge in [0, 0.05) is 18.4 Å². The molecule has 1 aromatic heterocycles. The van der Waals surface area contributed by atoms with Crippen molar-refractivity contribution in [2.45, 2.75) is 12.8 Å². The maximum atomic E-state index is 8.74. The fourth-order valence-corrected chi connectivity index (χ4v) is 1.64. The first-order valence-electron chi connectivity index (χ1n) is 5.51. The van der Waals surface area contributed by atoms with Crippen molar-refractivity contribution in [2.24, 2.45) is 0 Å². The number of hydrogen-bond donors (Lipinski definition) is 1. The van der Waals surface area contributed by atoms with Crippen LogP contribution in [0.15, 0.2) is 48.7 Å². The summed E-state index contributed by atoms with van der Waals surface area (Å²) in [5, 5.41) is 8.74. The van der Waals surface area contributed by atoms with Gasteiger partial charge in [0.05, 0.1) is 5.69 Å². The molecule has 0 fully saturated rings. The van der Waals surface area contributed by atoms with Crippen LogP contribution in [0.3, 0.4) is 0 Å². The molecule has 0 saturated heterocycles. The van der Waals surface area contributed by atoms with E-state index >= 15 is 0 Å². The Kier molecular flexibility index (Phi) is 3.67. The van der Waals surface area contributed by atoms with Gasteiger partial charge in [0.15, 0.2) is 0 Å². The minimum Gasteiger partial charge on any atom is -0.396 e. The molecule has 0 aliphatic carbocycles. The third-order valence-electron chi connectivity index (χ3n) is 2.52. The zero-order chi connectivity index (χ0) is 11.2. The topological polar surface area (TPSA) is 33.1 Å². The number of aromatic nitrogens is 1. The van der Waals surface area contributed by atoms with E-state index in [1.54, 1.807) is 0 Å². The molecule has 16 heavy (non-hydrogen) atoms. The molecular weight excluding hydrogens is 198 g/mol. The standard InChI is InChI=1S/C14H15NO/c16-10-4-5-12-8-9-14(15-11-12)13-6-2-1-3-7-13/h1-3,6-9,11,16H,4-5,10H2. The first kappa shape index (κ1) is 10.8. The molecule has 0 bridgehead atoms. The normalized spacial score (nSPS) is 10.3. The summed E-state index contributed by atoms with van der Waals surface area (Å²) >= 11 is 0. The third-order valence-corrected chi connectivity index (χ3v) is 2.52. The van der Waals surface area contributed by atoms with E-state index in [9.17, 15) is 0 Å². The summed E-state index contributed by atoms with van der Waals surface area (Å²) in [6, 6.07) is 14.2. The second kappa shape index (κ2) is 5.42.